The third-order valence-corrected chi connectivity index (χ3v) is 6.97. The Morgan fingerprint density at radius 1 is 1.23 bits per heavy atom. The van der Waals surface area contributed by atoms with Crippen molar-refractivity contribution in [2.75, 3.05) is 17.6 Å². The number of aromatic nitrogens is 1. The maximum atomic E-state index is 11.9. The molecule has 1 aliphatic heterocycles. The van der Waals surface area contributed by atoms with Gasteiger partial charge in [0.15, 0.2) is 5.78 Å². The summed E-state index contributed by atoms with van der Waals surface area (Å²) >= 11 is 1.79. The molecular weight excluding hydrogens is 418 g/mol. The molecule has 4 rings (SSSR count). The number of hydrogen-bond acceptors (Lipinski definition) is 5. The summed E-state index contributed by atoms with van der Waals surface area (Å²) < 4.78 is 24.9. The number of nitrogens with two attached hydrogens (primary N) is 1. The van der Waals surface area contributed by atoms with Crippen LogP contribution in [0.3, 0.4) is 0 Å². The van der Waals surface area contributed by atoms with Crippen LogP contribution in [0.2, 0.25) is 0 Å². The van der Waals surface area contributed by atoms with Gasteiger partial charge in [0.05, 0.1) is 22.7 Å². The Kier molecular flexibility index (Phi) is 5.60. The zero-order valence-electron chi connectivity index (χ0n) is 16.4. The largest absolute Gasteiger partial charge is 0.374 e. The van der Waals surface area contributed by atoms with Crippen LogP contribution >= 0.6 is 11.8 Å². The Morgan fingerprint density at radius 2 is 2.00 bits per heavy atom. The SMILES string of the molecule is CC(=O)c1cc2c3c(c1)cc(C#CCNc1ccc(S(N)(=O)=O)cc1)n3CCCS2. The van der Waals surface area contributed by atoms with E-state index in [4.69, 9.17) is 5.14 Å². The topological polar surface area (TPSA) is 94.2 Å². The predicted octanol–water partition coefficient (Wildman–Crippen LogP) is 3.45. The fraction of sp³-hybridized carbons (Fsp3) is 0.227. The van der Waals surface area contributed by atoms with E-state index in [1.54, 1.807) is 30.8 Å². The lowest BCUT2D eigenvalue weighted by Gasteiger charge is -2.07. The van der Waals surface area contributed by atoms with Crippen LogP contribution in [0.25, 0.3) is 10.9 Å². The number of carbonyl (C=O) groups excluding carboxylic acids is 1. The number of hydrogen-bond donors (Lipinski definition) is 2. The maximum Gasteiger partial charge on any atom is 0.238 e. The van der Waals surface area contributed by atoms with E-state index < -0.39 is 10.0 Å². The van der Waals surface area contributed by atoms with E-state index in [9.17, 15) is 13.2 Å². The minimum absolute atomic E-state index is 0.0658. The molecule has 8 heteroatoms. The zero-order valence-corrected chi connectivity index (χ0v) is 18.1. The van der Waals surface area contributed by atoms with Gasteiger partial charge in [0.25, 0.3) is 0 Å². The molecule has 6 nitrogen and oxygen atoms in total. The minimum atomic E-state index is -3.69. The molecule has 0 saturated carbocycles. The quantitative estimate of drug-likeness (QED) is 0.480. The van der Waals surface area contributed by atoms with Crippen LogP contribution in [0.4, 0.5) is 5.69 Å². The number of sulfonamides is 1. The molecule has 0 fully saturated rings. The van der Waals surface area contributed by atoms with Gasteiger partial charge in [-0.2, -0.15) is 0 Å². The number of carbonyl (C=O) groups is 1. The van der Waals surface area contributed by atoms with Gasteiger partial charge in [0.2, 0.25) is 10.0 Å². The molecule has 0 radical (unpaired) electrons. The summed E-state index contributed by atoms with van der Waals surface area (Å²) in [5.74, 6) is 7.45. The summed E-state index contributed by atoms with van der Waals surface area (Å²) in [6.07, 6.45) is 1.04. The lowest BCUT2D eigenvalue weighted by atomic mass is 10.1. The molecule has 0 aliphatic carbocycles. The standard InChI is InChI=1S/C22H21N3O3S2/c1-15(26)16-12-17-13-19(25-10-3-11-29-21(14-16)22(17)25)4-2-9-24-18-5-7-20(8-6-18)30(23,27)28/h5-8,12-14,24H,3,9-11H2,1H3,(H2,23,27,28). The van der Waals surface area contributed by atoms with E-state index in [0.717, 1.165) is 51.5 Å². The molecule has 0 unspecified atom stereocenters. The van der Waals surface area contributed by atoms with Crippen LogP contribution in [0, 0.1) is 11.8 Å². The van der Waals surface area contributed by atoms with Crippen molar-refractivity contribution >= 4 is 44.2 Å². The number of thioether (sulfide) groups is 1. The molecule has 30 heavy (non-hydrogen) atoms. The van der Waals surface area contributed by atoms with Gasteiger partial charge in [-0.3, -0.25) is 4.79 Å². The van der Waals surface area contributed by atoms with E-state index in [1.807, 2.05) is 18.2 Å². The first-order valence-electron chi connectivity index (χ1n) is 9.49. The third kappa shape index (κ3) is 4.24. The number of aryl methyl sites for hydroxylation is 1. The van der Waals surface area contributed by atoms with Gasteiger partial charge in [-0.15, -0.1) is 11.8 Å². The Hall–Kier alpha value is -2.73. The van der Waals surface area contributed by atoms with Crippen LogP contribution in [-0.2, 0) is 16.6 Å². The molecule has 0 atom stereocenters. The maximum absolute atomic E-state index is 11.9. The molecule has 1 aromatic heterocycles. The highest BCUT2D eigenvalue weighted by Crippen LogP contribution is 2.35. The second-order valence-corrected chi connectivity index (χ2v) is 9.77. The normalized spacial score (nSPS) is 13.4. The summed E-state index contributed by atoms with van der Waals surface area (Å²) in [6.45, 7) is 2.90. The Balaban J connectivity index is 1.57. The second-order valence-electron chi connectivity index (χ2n) is 7.08. The smallest absolute Gasteiger partial charge is 0.238 e. The van der Waals surface area contributed by atoms with Crippen LogP contribution in [0.1, 0.15) is 29.4 Å². The number of anilines is 1. The van der Waals surface area contributed by atoms with E-state index >= 15 is 0 Å². The monoisotopic (exact) mass is 439 g/mol. The lowest BCUT2D eigenvalue weighted by molar-refractivity contribution is 0.101. The molecular formula is C22H21N3O3S2. The van der Waals surface area contributed by atoms with E-state index in [1.165, 1.54) is 12.1 Å². The average Bonchev–Trinajstić information content (AvgIpc) is 2.90. The highest BCUT2D eigenvalue weighted by atomic mass is 32.2. The highest BCUT2D eigenvalue weighted by molar-refractivity contribution is 7.99. The molecule has 3 aromatic rings. The van der Waals surface area contributed by atoms with Crippen molar-refractivity contribution < 1.29 is 13.2 Å². The first-order chi connectivity index (χ1) is 14.3. The molecule has 2 aromatic carbocycles. The van der Waals surface area contributed by atoms with Crippen molar-refractivity contribution in [3.8, 4) is 11.8 Å². The van der Waals surface area contributed by atoms with Gasteiger partial charge in [-0.05, 0) is 67.5 Å². The van der Waals surface area contributed by atoms with Crippen molar-refractivity contribution in [2.45, 2.75) is 29.7 Å². The van der Waals surface area contributed by atoms with Gasteiger partial charge >= 0.3 is 0 Å². The first-order valence-corrected chi connectivity index (χ1v) is 12.0. The average molecular weight is 440 g/mol. The zero-order chi connectivity index (χ0) is 21.3. The number of rotatable bonds is 4. The van der Waals surface area contributed by atoms with Crippen LogP contribution in [-0.4, -0.2) is 31.1 Å². The third-order valence-electron chi connectivity index (χ3n) is 4.93. The summed E-state index contributed by atoms with van der Waals surface area (Å²) in [7, 11) is -3.69. The van der Waals surface area contributed by atoms with E-state index in [2.05, 4.69) is 21.7 Å². The van der Waals surface area contributed by atoms with Crippen LogP contribution in [0.15, 0.2) is 52.3 Å². The number of Topliss-reactive ketones (excluding diaryl/α,β-unsaturated/α-hetero) is 1. The Labute approximate surface area is 179 Å². The highest BCUT2D eigenvalue weighted by Gasteiger charge is 2.17. The Bertz CT molecular complexity index is 1300. The van der Waals surface area contributed by atoms with Crippen molar-refractivity contribution in [1.29, 1.82) is 0 Å². The van der Waals surface area contributed by atoms with Gasteiger partial charge in [-0.25, -0.2) is 13.6 Å². The molecule has 0 saturated heterocycles. The van der Waals surface area contributed by atoms with Gasteiger partial charge < -0.3 is 9.88 Å². The number of nitrogens with one attached hydrogen (secondary N) is 1. The van der Waals surface area contributed by atoms with E-state index in [-0.39, 0.29) is 10.7 Å². The molecule has 0 amide bonds. The van der Waals surface area contributed by atoms with Crippen molar-refractivity contribution in [3.63, 3.8) is 0 Å². The molecule has 3 N–H and O–H groups in total. The fourth-order valence-electron chi connectivity index (χ4n) is 3.47. The van der Waals surface area contributed by atoms with Crippen molar-refractivity contribution in [2.24, 2.45) is 5.14 Å². The fourth-order valence-corrected chi connectivity index (χ4v) is 5.06. The predicted molar refractivity (Wildman–Crippen MR) is 120 cm³/mol. The summed E-state index contributed by atoms with van der Waals surface area (Å²) in [4.78, 5) is 13.1. The summed E-state index contributed by atoms with van der Waals surface area (Å²) in [5, 5.41) is 9.32. The number of ketones is 1. The van der Waals surface area contributed by atoms with Gasteiger partial charge in [-0.1, -0.05) is 5.92 Å². The van der Waals surface area contributed by atoms with Crippen LogP contribution in [0.5, 0.6) is 0 Å². The number of primary sulfonamides is 1. The lowest BCUT2D eigenvalue weighted by Crippen LogP contribution is -2.12. The van der Waals surface area contributed by atoms with Crippen molar-refractivity contribution in [1.82, 2.24) is 4.57 Å². The molecule has 2 heterocycles. The Morgan fingerprint density at radius 3 is 2.70 bits per heavy atom. The number of benzene rings is 2. The molecule has 154 valence electrons. The molecule has 0 spiro atoms. The molecule has 0 bridgehead atoms. The second kappa shape index (κ2) is 8.19. The minimum Gasteiger partial charge on any atom is -0.374 e. The van der Waals surface area contributed by atoms with E-state index in [0.29, 0.717) is 6.54 Å². The van der Waals surface area contributed by atoms with Crippen LogP contribution < -0.4 is 10.5 Å². The summed E-state index contributed by atoms with van der Waals surface area (Å²) in [5.41, 5.74) is 3.58. The van der Waals surface area contributed by atoms with Gasteiger partial charge in [0.1, 0.15) is 0 Å². The first kappa shape index (κ1) is 20.5. The summed E-state index contributed by atoms with van der Waals surface area (Å²) in [6, 6.07) is 12.2. The number of nitrogens with zero attached hydrogens (tertiary/aromatic N) is 1. The molecule has 1 aliphatic rings. The van der Waals surface area contributed by atoms with Crippen molar-refractivity contribution in [3.05, 3.63) is 53.7 Å². The van der Waals surface area contributed by atoms with Gasteiger partial charge in [0, 0.05) is 28.1 Å².